The number of unbranched alkanes of at least 4 members (excludes halogenated alkanes) is 2. The zero-order chi connectivity index (χ0) is 31.9. The molecule has 0 aliphatic heterocycles. The van der Waals surface area contributed by atoms with E-state index in [1.165, 1.54) is 12.1 Å². The Labute approximate surface area is 255 Å². The average Bonchev–Trinajstić information content (AvgIpc) is 3.03. The van der Waals surface area contributed by atoms with Crippen LogP contribution < -0.4 is 9.47 Å². The van der Waals surface area contributed by atoms with Crippen molar-refractivity contribution in [3.05, 3.63) is 97.1 Å². The van der Waals surface area contributed by atoms with Crippen molar-refractivity contribution in [3.63, 3.8) is 0 Å². The van der Waals surface area contributed by atoms with E-state index < -0.39 is 23.9 Å². The zero-order valence-corrected chi connectivity index (χ0v) is 24.2. The molecule has 10 nitrogen and oxygen atoms in total. The molecule has 0 radical (unpaired) electrons. The fourth-order valence-electron chi connectivity index (χ4n) is 4.16. The van der Waals surface area contributed by atoms with Gasteiger partial charge in [-0.3, -0.25) is 0 Å². The average molecular weight is 603 g/mol. The molecule has 0 heterocycles. The van der Waals surface area contributed by atoms with Crippen molar-refractivity contribution in [2.75, 3.05) is 26.4 Å². The van der Waals surface area contributed by atoms with Gasteiger partial charge >= 0.3 is 23.9 Å². The van der Waals surface area contributed by atoms with E-state index in [1.807, 2.05) is 0 Å². The Kier molecular flexibility index (Phi) is 12.7. The largest absolute Gasteiger partial charge is 0.494 e. The van der Waals surface area contributed by atoms with Gasteiger partial charge in [0.2, 0.25) is 0 Å². The molecular formula is C34H34O10. The first-order valence-corrected chi connectivity index (χ1v) is 13.9. The van der Waals surface area contributed by atoms with E-state index in [-0.39, 0.29) is 24.3 Å². The lowest BCUT2D eigenvalue weighted by atomic mass is 9.94. The molecule has 0 unspecified atom stereocenters. The lowest BCUT2D eigenvalue weighted by molar-refractivity contribution is -0.138. The predicted octanol–water partition coefficient (Wildman–Crippen LogP) is 6.19. The monoisotopic (exact) mass is 602 g/mol. The Bertz CT molecular complexity index is 1380. The number of hydrogen-bond donors (Lipinski definition) is 2. The van der Waals surface area contributed by atoms with Gasteiger partial charge in [-0.05, 0) is 84.3 Å². The van der Waals surface area contributed by atoms with Crippen molar-refractivity contribution in [1.29, 1.82) is 0 Å². The van der Waals surface area contributed by atoms with Crippen LogP contribution in [0.2, 0.25) is 0 Å². The molecular weight excluding hydrogens is 568 g/mol. The minimum absolute atomic E-state index is 0.0855. The molecule has 44 heavy (non-hydrogen) atoms. The van der Waals surface area contributed by atoms with E-state index in [2.05, 4.69) is 13.2 Å². The van der Waals surface area contributed by atoms with Gasteiger partial charge in [0.15, 0.2) is 0 Å². The van der Waals surface area contributed by atoms with Crippen molar-refractivity contribution in [1.82, 2.24) is 0 Å². The van der Waals surface area contributed by atoms with Gasteiger partial charge in [-0.25, -0.2) is 19.2 Å². The molecule has 0 atom stereocenters. The number of ether oxygens (including phenoxy) is 4. The fourth-order valence-corrected chi connectivity index (χ4v) is 4.16. The maximum atomic E-state index is 12.0. The van der Waals surface area contributed by atoms with Gasteiger partial charge in [0.05, 0.1) is 37.6 Å². The third-order valence-electron chi connectivity index (χ3n) is 6.39. The Hall–Kier alpha value is -5.38. The summed E-state index contributed by atoms with van der Waals surface area (Å²) in [5.74, 6) is -2.21. The van der Waals surface area contributed by atoms with Crippen LogP contribution in [0.25, 0.3) is 22.3 Å². The molecule has 0 saturated carbocycles. The summed E-state index contributed by atoms with van der Waals surface area (Å²) in [7, 11) is 0. The van der Waals surface area contributed by atoms with Crippen molar-refractivity contribution < 1.29 is 48.3 Å². The van der Waals surface area contributed by atoms with Gasteiger partial charge in [0.1, 0.15) is 11.5 Å². The molecule has 0 saturated heterocycles. The first kappa shape index (κ1) is 33.1. The van der Waals surface area contributed by atoms with Gasteiger partial charge in [-0.1, -0.05) is 37.4 Å². The minimum atomic E-state index is -1.10. The molecule has 0 aliphatic rings. The second-order valence-electron chi connectivity index (χ2n) is 9.46. The van der Waals surface area contributed by atoms with Crippen LogP contribution in [0.5, 0.6) is 11.5 Å². The van der Waals surface area contributed by atoms with Crippen molar-refractivity contribution in [3.8, 4) is 33.8 Å². The van der Waals surface area contributed by atoms with Gasteiger partial charge in [0.25, 0.3) is 0 Å². The Balaban J connectivity index is 1.72. The maximum Gasteiger partial charge on any atom is 0.336 e. The summed E-state index contributed by atoms with van der Waals surface area (Å²) in [5.41, 5.74) is 2.26. The topological polar surface area (TPSA) is 146 Å². The third-order valence-corrected chi connectivity index (χ3v) is 6.39. The van der Waals surface area contributed by atoms with Crippen LogP contribution in [0.15, 0.2) is 86.0 Å². The first-order chi connectivity index (χ1) is 21.2. The predicted molar refractivity (Wildman–Crippen MR) is 163 cm³/mol. The quantitative estimate of drug-likeness (QED) is 0.0981. The summed E-state index contributed by atoms with van der Waals surface area (Å²) in [4.78, 5) is 46.1. The number of carbonyl (C=O) groups is 4. The molecule has 230 valence electrons. The van der Waals surface area contributed by atoms with E-state index in [0.717, 1.165) is 12.2 Å². The standard InChI is InChI=1S/C34H34O10/c1-3-31(35)43-19-7-5-17-41-25-13-15-27(33(37)38)29(21-25)23-9-11-24(12-10-23)30-22-26(14-16-28(30)34(39)40)42-18-6-8-20-44-32(36)4-2/h3-4,9-16,21-22H,1-2,5-8,17-20H2,(H,37,38)(H,39,40). The number of carbonyl (C=O) groups excluding carboxylic acids is 2. The van der Waals surface area contributed by atoms with Crippen LogP contribution in [0, 0.1) is 0 Å². The van der Waals surface area contributed by atoms with E-state index >= 15 is 0 Å². The zero-order valence-electron chi connectivity index (χ0n) is 24.2. The number of carboxylic acids is 2. The van der Waals surface area contributed by atoms with Crippen LogP contribution in [0.4, 0.5) is 0 Å². The number of hydrogen-bond acceptors (Lipinski definition) is 8. The lowest BCUT2D eigenvalue weighted by Gasteiger charge is -2.13. The summed E-state index contributed by atoms with van der Waals surface area (Å²) in [6.07, 6.45) is 4.63. The summed E-state index contributed by atoms with van der Waals surface area (Å²) in [6.45, 7) is 7.87. The first-order valence-electron chi connectivity index (χ1n) is 13.9. The molecule has 10 heteroatoms. The van der Waals surface area contributed by atoms with Crippen LogP contribution >= 0.6 is 0 Å². The summed E-state index contributed by atoms with van der Waals surface area (Å²) in [6, 6.07) is 16.3. The van der Waals surface area contributed by atoms with Crippen LogP contribution in [-0.4, -0.2) is 60.5 Å². The highest BCUT2D eigenvalue weighted by molar-refractivity contribution is 5.98. The second kappa shape index (κ2) is 16.9. The number of carboxylic acid groups (broad SMARTS) is 2. The second-order valence-corrected chi connectivity index (χ2v) is 9.46. The van der Waals surface area contributed by atoms with Crippen molar-refractivity contribution >= 4 is 23.9 Å². The summed E-state index contributed by atoms with van der Waals surface area (Å²) < 4.78 is 21.5. The Morgan fingerprint density at radius 2 is 0.932 bits per heavy atom. The van der Waals surface area contributed by atoms with E-state index in [0.29, 0.717) is 72.6 Å². The lowest BCUT2D eigenvalue weighted by Crippen LogP contribution is -2.05. The summed E-state index contributed by atoms with van der Waals surface area (Å²) >= 11 is 0. The van der Waals surface area contributed by atoms with Crippen LogP contribution in [-0.2, 0) is 19.1 Å². The van der Waals surface area contributed by atoms with E-state index in [9.17, 15) is 29.4 Å². The van der Waals surface area contributed by atoms with Crippen LogP contribution in [0.1, 0.15) is 46.4 Å². The molecule has 0 aromatic heterocycles. The molecule has 0 spiro atoms. The molecule has 0 aliphatic carbocycles. The highest BCUT2D eigenvalue weighted by Crippen LogP contribution is 2.33. The Morgan fingerprint density at radius 1 is 0.568 bits per heavy atom. The number of rotatable bonds is 18. The third kappa shape index (κ3) is 9.87. The molecule has 2 N–H and O–H groups in total. The highest BCUT2D eigenvalue weighted by Gasteiger charge is 2.16. The molecule has 3 aromatic carbocycles. The SMILES string of the molecule is C=CC(=O)OCCCCOc1ccc(C(=O)O)c(-c2ccc(-c3cc(OCCCCOC(=O)C=C)ccc3C(=O)O)cc2)c1. The normalized spacial score (nSPS) is 10.4. The van der Waals surface area contributed by atoms with E-state index in [1.54, 1.807) is 48.5 Å². The smallest absolute Gasteiger partial charge is 0.336 e. The molecule has 0 bridgehead atoms. The van der Waals surface area contributed by atoms with Crippen LogP contribution in [0.3, 0.4) is 0 Å². The van der Waals surface area contributed by atoms with Crippen molar-refractivity contribution in [2.45, 2.75) is 25.7 Å². The van der Waals surface area contributed by atoms with Gasteiger partial charge in [0, 0.05) is 12.2 Å². The van der Waals surface area contributed by atoms with Gasteiger partial charge in [-0.15, -0.1) is 0 Å². The molecule has 3 aromatic rings. The van der Waals surface area contributed by atoms with Crippen molar-refractivity contribution in [2.24, 2.45) is 0 Å². The number of aromatic carboxylic acids is 2. The minimum Gasteiger partial charge on any atom is -0.494 e. The molecule has 0 amide bonds. The number of esters is 2. The fraction of sp³-hybridized carbons (Fsp3) is 0.235. The summed E-state index contributed by atoms with van der Waals surface area (Å²) in [5, 5.41) is 19.6. The van der Waals surface area contributed by atoms with Gasteiger partial charge in [-0.2, -0.15) is 0 Å². The maximum absolute atomic E-state index is 12.0. The Morgan fingerprint density at radius 3 is 1.27 bits per heavy atom. The number of benzene rings is 3. The molecule has 0 fully saturated rings. The molecule has 3 rings (SSSR count). The highest BCUT2D eigenvalue weighted by atomic mass is 16.5. The van der Waals surface area contributed by atoms with Gasteiger partial charge < -0.3 is 29.2 Å². The van der Waals surface area contributed by atoms with E-state index in [4.69, 9.17) is 18.9 Å².